The van der Waals surface area contributed by atoms with Crippen LogP contribution in [0, 0.1) is 0 Å². The first-order chi connectivity index (χ1) is 7.45. The highest BCUT2D eigenvalue weighted by molar-refractivity contribution is 7.89. The highest BCUT2D eigenvalue weighted by Gasteiger charge is 2.15. The smallest absolute Gasteiger partial charge is 0.244 e. The fraction of sp³-hybridized carbons (Fsp3) is 0.286. The molecule has 0 aliphatic carbocycles. The van der Waals surface area contributed by atoms with Gasteiger partial charge in [-0.3, -0.25) is 4.79 Å². The Morgan fingerprint density at radius 3 is 2.44 bits per heavy atom. The van der Waals surface area contributed by atoms with Gasteiger partial charge >= 0.3 is 0 Å². The Morgan fingerprint density at radius 2 is 2.00 bits per heavy atom. The molecule has 1 rings (SSSR count). The van der Waals surface area contributed by atoms with E-state index in [0.29, 0.717) is 5.95 Å². The van der Waals surface area contributed by atoms with Crippen LogP contribution in [0.2, 0.25) is 0 Å². The molecular formula is C7H11N5O3S. The van der Waals surface area contributed by atoms with Gasteiger partial charge in [-0.2, -0.15) is 0 Å². The SMILES string of the molecule is CNc1ncc(S(=O)(=O)NCC(N)=O)cn1. The van der Waals surface area contributed by atoms with Crippen molar-refractivity contribution in [3.8, 4) is 0 Å². The van der Waals surface area contributed by atoms with Gasteiger partial charge < -0.3 is 11.1 Å². The summed E-state index contributed by atoms with van der Waals surface area (Å²) in [6.07, 6.45) is 2.25. The number of aromatic nitrogens is 2. The second-order valence-electron chi connectivity index (χ2n) is 2.78. The van der Waals surface area contributed by atoms with E-state index < -0.39 is 22.5 Å². The van der Waals surface area contributed by atoms with Crippen LogP contribution in [0.3, 0.4) is 0 Å². The molecule has 0 atom stereocenters. The van der Waals surface area contributed by atoms with Gasteiger partial charge in [-0.25, -0.2) is 23.1 Å². The van der Waals surface area contributed by atoms with Crippen molar-refractivity contribution in [2.75, 3.05) is 18.9 Å². The highest BCUT2D eigenvalue weighted by atomic mass is 32.2. The molecule has 0 radical (unpaired) electrons. The molecule has 1 aromatic rings. The minimum absolute atomic E-state index is 0.132. The third kappa shape index (κ3) is 3.14. The summed E-state index contributed by atoms with van der Waals surface area (Å²) in [5.41, 5.74) is 4.82. The number of carbonyl (C=O) groups is 1. The molecule has 1 amide bonds. The number of primary amides is 1. The molecule has 0 bridgehead atoms. The molecule has 8 nitrogen and oxygen atoms in total. The van der Waals surface area contributed by atoms with E-state index in [1.54, 1.807) is 7.05 Å². The number of amides is 1. The predicted octanol–water partition coefficient (Wildman–Crippen LogP) is -1.72. The number of nitrogens with one attached hydrogen (secondary N) is 2. The summed E-state index contributed by atoms with van der Waals surface area (Å²) < 4.78 is 25.0. The molecule has 0 spiro atoms. The van der Waals surface area contributed by atoms with Gasteiger partial charge in [0.1, 0.15) is 4.90 Å². The van der Waals surface area contributed by atoms with Crippen molar-refractivity contribution in [1.29, 1.82) is 0 Å². The van der Waals surface area contributed by atoms with Crippen molar-refractivity contribution in [2.45, 2.75) is 4.90 Å². The Balaban J connectivity index is 2.85. The van der Waals surface area contributed by atoms with Gasteiger partial charge in [0.25, 0.3) is 0 Å². The first kappa shape index (κ1) is 12.3. The zero-order valence-corrected chi connectivity index (χ0v) is 9.28. The van der Waals surface area contributed by atoms with Crippen molar-refractivity contribution in [2.24, 2.45) is 5.73 Å². The number of hydrogen-bond acceptors (Lipinski definition) is 6. The monoisotopic (exact) mass is 245 g/mol. The predicted molar refractivity (Wildman–Crippen MR) is 56.0 cm³/mol. The lowest BCUT2D eigenvalue weighted by atomic mass is 10.7. The fourth-order valence-corrected chi connectivity index (χ4v) is 1.72. The molecule has 0 saturated carbocycles. The van der Waals surface area contributed by atoms with Gasteiger partial charge in [0, 0.05) is 7.05 Å². The van der Waals surface area contributed by atoms with E-state index in [1.165, 1.54) is 0 Å². The molecule has 4 N–H and O–H groups in total. The topological polar surface area (TPSA) is 127 Å². The second-order valence-corrected chi connectivity index (χ2v) is 4.55. The Kier molecular flexibility index (Phi) is 3.74. The van der Waals surface area contributed by atoms with Crippen LogP contribution in [0.5, 0.6) is 0 Å². The van der Waals surface area contributed by atoms with Crippen LogP contribution in [0.15, 0.2) is 17.3 Å². The molecule has 0 aliphatic rings. The third-order valence-corrected chi connectivity index (χ3v) is 2.95. The van der Waals surface area contributed by atoms with Crippen molar-refractivity contribution in [3.05, 3.63) is 12.4 Å². The van der Waals surface area contributed by atoms with Gasteiger partial charge in [0.2, 0.25) is 21.9 Å². The van der Waals surface area contributed by atoms with E-state index in [-0.39, 0.29) is 4.90 Å². The number of anilines is 1. The minimum Gasteiger partial charge on any atom is -0.369 e. The van der Waals surface area contributed by atoms with E-state index in [4.69, 9.17) is 5.73 Å². The maximum Gasteiger partial charge on any atom is 0.244 e. The largest absolute Gasteiger partial charge is 0.369 e. The molecule has 0 aliphatic heterocycles. The summed E-state index contributed by atoms with van der Waals surface area (Å²) in [6, 6.07) is 0. The van der Waals surface area contributed by atoms with E-state index in [0.717, 1.165) is 12.4 Å². The fourth-order valence-electron chi connectivity index (χ4n) is 0.834. The molecule has 0 unspecified atom stereocenters. The average molecular weight is 245 g/mol. The molecular weight excluding hydrogens is 234 g/mol. The van der Waals surface area contributed by atoms with Gasteiger partial charge in [0.15, 0.2) is 0 Å². The summed E-state index contributed by atoms with van der Waals surface area (Å²) in [5.74, 6) is -0.467. The first-order valence-corrected chi connectivity index (χ1v) is 5.72. The molecule has 88 valence electrons. The summed E-state index contributed by atoms with van der Waals surface area (Å²) in [5, 5.41) is 2.64. The van der Waals surface area contributed by atoms with Crippen molar-refractivity contribution >= 4 is 21.9 Å². The molecule has 0 fully saturated rings. The maximum absolute atomic E-state index is 11.5. The van der Waals surface area contributed by atoms with E-state index in [1.807, 2.05) is 4.72 Å². The molecule has 1 heterocycles. The van der Waals surface area contributed by atoms with E-state index >= 15 is 0 Å². The lowest BCUT2D eigenvalue weighted by Crippen LogP contribution is -2.33. The number of rotatable bonds is 5. The van der Waals surface area contributed by atoms with Crippen LogP contribution in [0.4, 0.5) is 5.95 Å². The van der Waals surface area contributed by atoms with Crippen LogP contribution < -0.4 is 15.8 Å². The average Bonchev–Trinajstić information content (AvgIpc) is 2.27. The Hall–Kier alpha value is -1.74. The standard InChI is InChI=1S/C7H11N5O3S/c1-9-7-10-2-5(3-11-7)16(14,15)12-4-6(8)13/h2-3,12H,4H2,1H3,(H2,8,13)(H,9,10,11). The zero-order valence-electron chi connectivity index (χ0n) is 8.47. The number of carbonyl (C=O) groups excluding carboxylic acids is 1. The number of nitrogens with two attached hydrogens (primary N) is 1. The zero-order chi connectivity index (χ0) is 12.2. The number of hydrogen-bond donors (Lipinski definition) is 3. The van der Waals surface area contributed by atoms with Gasteiger partial charge in [-0.1, -0.05) is 0 Å². The summed E-state index contributed by atoms with van der Waals surface area (Å²) in [6.45, 7) is -0.462. The maximum atomic E-state index is 11.5. The van der Waals surface area contributed by atoms with Crippen LogP contribution in [0.25, 0.3) is 0 Å². The van der Waals surface area contributed by atoms with Crippen molar-refractivity contribution in [1.82, 2.24) is 14.7 Å². The number of sulfonamides is 1. The Morgan fingerprint density at radius 1 is 1.44 bits per heavy atom. The Bertz CT molecular complexity index is 469. The number of nitrogens with zero attached hydrogens (tertiary/aromatic N) is 2. The van der Waals surface area contributed by atoms with Crippen LogP contribution in [-0.2, 0) is 14.8 Å². The summed E-state index contributed by atoms with van der Waals surface area (Å²) in [4.78, 5) is 17.8. The van der Waals surface area contributed by atoms with E-state index in [2.05, 4.69) is 15.3 Å². The molecule has 9 heteroatoms. The first-order valence-electron chi connectivity index (χ1n) is 4.23. The van der Waals surface area contributed by atoms with Crippen molar-refractivity contribution in [3.63, 3.8) is 0 Å². The summed E-state index contributed by atoms with van der Waals surface area (Å²) >= 11 is 0. The normalized spacial score (nSPS) is 11.1. The molecule has 0 saturated heterocycles. The van der Waals surface area contributed by atoms with Gasteiger partial charge in [0.05, 0.1) is 18.9 Å². The van der Waals surface area contributed by atoms with Crippen LogP contribution >= 0.6 is 0 Å². The lowest BCUT2D eigenvalue weighted by molar-refractivity contribution is -0.116. The molecule has 16 heavy (non-hydrogen) atoms. The quantitative estimate of drug-likeness (QED) is 0.566. The van der Waals surface area contributed by atoms with Gasteiger partial charge in [-0.05, 0) is 0 Å². The highest BCUT2D eigenvalue weighted by Crippen LogP contribution is 2.06. The van der Waals surface area contributed by atoms with Crippen LogP contribution in [0.1, 0.15) is 0 Å². The van der Waals surface area contributed by atoms with Gasteiger partial charge in [-0.15, -0.1) is 0 Å². The lowest BCUT2D eigenvalue weighted by Gasteiger charge is -2.04. The van der Waals surface area contributed by atoms with Crippen molar-refractivity contribution < 1.29 is 13.2 Å². The minimum atomic E-state index is -3.78. The Labute approximate surface area is 92.3 Å². The van der Waals surface area contributed by atoms with Crippen LogP contribution in [-0.4, -0.2) is 37.9 Å². The van der Waals surface area contributed by atoms with E-state index in [9.17, 15) is 13.2 Å². The molecule has 1 aromatic heterocycles. The third-order valence-electron chi connectivity index (χ3n) is 1.60. The second kappa shape index (κ2) is 4.86. The summed E-state index contributed by atoms with van der Waals surface area (Å²) in [7, 11) is -2.18. The molecule has 0 aromatic carbocycles.